The molecule has 0 spiro atoms. The van der Waals surface area contributed by atoms with Crippen molar-refractivity contribution in [1.29, 1.82) is 0 Å². The van der Waals surface area contributed by atoms with Crippen molar-refractivity contribution < 1.29 is 14.1 Å². The van der Waals surface area contributed by atoms with Crippen LogP contribution in [0.4, 0.5) is 5.13 Å². The first-order valence-corrected chi connectivity index (χ1v) is 7.87. The highest BCUT2D eigenvalue weighted by molar-refractivity contribution is 7.13. The van der Waals surface area contributed by atoms with Gasteiger partial charge < -0.3 is 9.26 Å². The zero-order chi connectivity index (χ0) is 16.2. The van der Waals surface area contributed by atoms with Crippen molar-refractivity contribution >= 4 is 22.4 Å². The quantitative estimate of drug-likeness (QED) is 0.774. The summed E-state index contributed by atoms with van der Waals surface area (Å²) in [7, 11) is 0. The lowest BCUT2D eigenvalue weighted by atomic mass is 10.2. The number of nitrogens with one attached hydrogen (secondary N) is 1. The molecule has 7 heteroatoms. The third-order valence-electron chi connectivity index (χ3n) is 3.31. The molecule has 2 heterocycles. The number of thiazole rings is 1. The van der Waals surface area contributed by atoms with Crippen molar-refractivity contribution in [2.45, 2.75) is 20.5 Å². The fourth-order valence-electron chi connectivity index (χ4n) is 2.05. The van der Waals surface area contributed by atoms with Crippen molar-refractivity contribution in [1.82, 2.24) is 10.1 Å². The molecule has 3 rings (SSSR count). The number of ether oxygens (including phenoxy) is 1. The van der Waals surface area contributed by atoms with Crippen LogP contribution in [0.5, 0.6) is 5.75 Å². The highest BCUT2D eigenvalue weighted by Crippen LogP contribution is 2.19. The van der Waals surface area contributed by atoms with Crippen molar-refractivity contribution in [2.75, 3.05) is 5.32 Å². The Morgan fingerprint density at radius 2 is 2.26 bits per heavy atom. The number of carbonyl (C=O) groups excluding carboxylic acids is 1. The first-order valence-electron chi connectivity index (χ1n) is 6.99. The molecule has 1 amide bonds. The van der Waals surface area contributed by atoms with E-state index in [-0.39, 0.29) is 5.91 Å². The van der Waals surface area contributed by atoms with Crippen LogP contribution >= 0.6 is 11.3 Å². The molecular weight excluding hydrogens is 314 g/mol. The monoisotopic (exact) mass is 329 g/mol. The van der Waals surface area contributed by atoms with Crippen LogP contribution < -0.4 is 10.1 Å². The van der Waals surface area contributed by atoms with E-state index >= 15 is 0 Å². The normalized spacial score (nSPS) is 10.5. The van der Waals surface area contributed by atoms with Crippen molar-refractivity contribution in [3.05, 3.63) is 58.4 Å². The lowest BCUT2D eigenvalue weighted by Gasteiger charge is -2.08. The number of aryl methyl sites for hydroxylation is 2. The van der Waals surface area contributed by atoms with E-state index in [0.717, 1.165) is 17.0 Å². The van der Waals surface area contributed by atoms with E-state index in [1.54, 1.807) is 35.8 Å². The Kier molecular flexibility index (Phi) is 4.38. The molecule has 0 fully saturated rings. The van der Waals surface area contributed by atoms with E-state index in [1.165, 1.54) is 11.3 Å². The lowest BCUT2D eigenvalue weighted by molar-refractivity contribution is 0.102. The average Bonchev–Trinajstić information content (AvgIpc) is 3.16. The van der Waals surface area contributed by atoms with E-state index in [1.807, 2.05) is 13.8 Å². The number of anilines is 1. The second-order valence-corrected chi connectivity index (χ2v) is 5.81. The summed E-state index contributed by atoms with van der Waals surface area (Å²) in [6.45, 7) is 4.06. The summed E-state index contributed by atoms with van der Waals surface area (Å²) in [5.41, 5.74) is 2.24. The summed E-state index contributed by atoms with van der Waals surface area (Å²) in [6, 6.07) is 7.00. The smallest absolute Gasteiger partial charge is 0.257 e. The predicted molar refractivity (Wildman–Crippen MR) is 86.8 cm³/mol. The summed E-state index contributed by atoms with van der Waals surface area (Å²) in [4.78, 5) is 16.2. The summed E-state index contributed by atoms with van der Waals surface area (Å²) >= 11 is 1.37. The van der Waals surface area contributed by atoms with Gasteiger partial charge in [-0.3, -0.25) is 10.1 Å². The van der Waals surface area contributed by atoms with Gasteiger partial charge in [-0.2, -0.15) is 0 Å². The van der Waals surface area contributed by atoms with E-state index < -0.39 is 0 Å². The van der Waals surface area contributed by atoms with Crippen LogP contribution in [0.1, 0.15) is 27.4 Å². The van der Waals surface area contributed by atoms with Gasteiger partial charge in [-0.05, 0) is 32.0 Å². The van der Waals surface area contributed by atoms with Gasteiger partial charge in [0.05, 0.1) is 11.3 Å². The number of nitrogens with zero attached hydrogens (tertiary/aromatic N) is 2. The van der Waals surface area contributed by atoms with Gasteiger partial charge in [0.1, 0.15) is 18.1 Å². The van der Waals surface area contributed by atoms with Crippen LogP contribution in [0.15, 0.2) is 40.4 Å². The predicted octanol–water partition coefficient (Wildman–Crippen LogP) is 3.58. The molecule has 0 atom stereocenters. The summed E-state index contributed by atoms with van der Waals surface area (Å²) in [5, 5.41) is 9.00. The second-order valence-electron chi connectivity index (χ2n) is 4.91. The summed E-state index contributed by atoms with van der Waals surface area (Å²) < 4.78 is 10.8. The zero-order valence-corrected chi connectivity index (χ0v) is 13.5. The Bertz CT molecular complexity index is 792. The SMILES string of the molecule is Cc1noc(C)c1COc1cccc(C(=O)Nc2nccs2)c1. The number of rotatable bonds is 5. The van der Waals surface area contributed by atoms with Crippen LogP contribution in [0, 0.1) is 13.8 Å². The molecule has 0 aliphatic heterocycles. The Morgan fingerprint density at radius 1 is 1.39 bits per heavy atom. The maximum atomic E-state index is 12.2. The van der Waals surface area contributed by atoms with Crippen LogP contribution in [-0.2, 0) is 6.61 Å². The molecule has 118 valence electrons. The second kappa shape index (κ2) is 6.62. The van der Waals surface area contributed by atoms with Crippen molar-refractivity contribution in [3.63, 3.8) is 0 Å². The van der Waals surface area contributed by atoms with Crippen LogP contribution in [0.25, 0.3) is 0 Å². The Morgan fingerprint density at radius 3 is 2.96 bits per heavy atom. The molecular formula is C16H15N3O3S. The first kappa shape index (κ1) is 15.2. The molecule has 23 heavy (non-hydrogen) atoms. The van der Waals surface area contributed by atoms with Gasteiger partial charge >= 0.3 is 0 Å². The maximum absolute atomic E-state index is 12.2. The Hall–Kier alpha value is -2.67. The molecule has 0 aliphatic rings. The average molecular weight is 329 g/mol. The number of amides is 1. The molecule has 1 aromatic carbocycles. The highest BCUT2D eigenvalue weighted by Gasteiger charge is 2.11. The van der Waals surface area contributed by atoms with Gasteiger partial charge in [-0.25, -0.2) is 4.98 Å². The molecule has 0 radical (unpaired) electrons. The maximum Gasteiger partial charge on any atom is 0.257 e. The topological polar surface area (TPSA) is 77.2 Å². The number of hydrogen-bond donors (Lipinski definition) is 1. The van der Waals surface area contributed by atoms with Crippen LogP contribution in [-0.4, -0.2) is 16.0 Å². The van der Waals surface area contributed by atoms with E-state index in [9.17, 15) is 4.79 Å². The fraction of sp³-hybridized carbons (Fsp3) is 0.188. The Balaban J connectivity index is 1.68. The zero-order valence-electron chi connectivity index (χ0n) is 12.7. The molecule has 0 saturated carbocycles. The minimum Gasteiger partial charge on any atom is -0.489 e. The molecule has 1 N–H and O–H groups in total. The van der Waals surface area contributed by atoms with Crippen molar-refractivity contribution in [2.24, 2.45) is 0 Å². The molecule has 0 unspecified atom stereocenters. The number of benzene rings is 1. The molecule has 0 aliphatic carbocycles. The number of hydrogen-bond acceptors (Lipinski definition) is 6. The van der Waals surface area contributed by atoms with Gasteiger partial charge in [0.2, 0.25) is 0 Å². The number of carbonyl (C=O) groups is 1. The van der Waals surface area contributed by atoms with Gasteiger partial charge in [-0.15, -0.1) is 11.3 Å². The van der Waals surface area contributed by atoms with Gasteiger partial charge in [0, 0.05) is 17.1 Å². The van der Waals surface area contributed by atoms with E-state index in [4.69, 9.17) is 9.26 Å². The van der Waals surface area contributed by atoms with Gasteiger partial charge in [0.15, 0.2) is 5.13 Å². The fourth-order valence-corrected chi connectivity index (χ4v) is 2.57. The standard InChI is InChI=1S/C16H15N3O3S/c1-10-14(11(2)22-19-10)9-21-13-5-3-4-12(8-13)15(20)18-16-17-6-7-23-16/h3-8H,9H2,1-2H3,(H,17,18,20). The molecule has 3 aromatic rings. The van der Waals surface area contributed by atoms with E-state index in [2.05, 4.69) is 15.5 Å². The summed E-state index contributed by atoms with van der Waals surface area (Å²) in [6.07, 6.45) is 1.64. The van der Waals surface area contributed by atoms with E-state index in [0.29, 0.717) is 23.1 Å². The van der Waals surface area contributed by atoms with Crippen molar-refractivity contribution in [3.8, 4) is 5.75 Å². The molecule has 2 aromatic heterocycles. The van der Waals surface area contributed by atoms with Crippen LogP contribution in [0.3, 0.4) is 0 Å². The molecule has 6 nitrogen and oxygen atoms in total. The largest absolute Gasteiger partial charge is 0.489 e. The Labute approximate surface area is 137 Å². The van der Waals surface area contributed by atoms with Gasteiger partial charge in [-0.1, -0.05) is 11.2 Å². The lowest BCUT2D eigenvalue weighted by Crippen LogP contribution is -2.11. The summed E-state index contributed by atoms with van der Waals surface area (Å²) in [5.74, 6) is 1.12. The minimum atomic E-state index is -0.220. The highest BCUT2D eigenvalue weighted by atomic mass is 32.1. The minimum absolute atomic E-state index is 0.220. The molecule has 0 bridgehead atoms. The third-order valence-corrected chi connectivity index (χ3v) is 4.00. The third kappa shape index (κ3) is 3.57. The number of aromatic nitrogens is 2. The van der Waals surface area contributed by atoms with Gasteiger partial charge in [0.25, 0.3) is 5.91 Å². The van der Waals surface area contributed by atoms with Crippen LogP contribution in [0.2, 0.25) is 0 Å². The first-order chi connectivity index (χ1) is 11.1. The molecule has 0 saturated heterocycles.